The molecule has 0 bridgehead atoms. The molecule has 0 spiro atoms. The van der Waals surface area contributed by atoms with E-state index in [0.29, 0.717) is 29.0 Å². The summed E-state index contributed by atoms with van der Waals surface area (Å²) in [6.07, 6.45) is 1.14. The second-order valence-corrected chi connectivity index (χ2v) is 10.3. The van der Waals surface area contributed by atoms with Crippen LogP contribution in [0.15, 0.2) is 41.2 Å². The highest BCUT2D eigenvalue weighted by Gasteiger charge is 2.23. The molecule has 0 unspecified atom stereocenters. The number of nitrogens with zero attached hydrogens (tertiary/aromatic N) is 4. The molecule has 1 aliphatic rings. The van der Waals surface area contributed by atoms with Crippen molar-refractivity contribution in [3.05, 3.63) is 52.2 Å². The number of rotatable bonds is 6. The monoisotopic (exact) mass is 493 g/mol. The van der Waals surface area contributed by atoms with Crippen LogP contribution in [0, 0.1) is 0 Å². The van der Waals surface area contributed by atoms with Gasteiger partial charge in [0, 0.05) is 26.2 Å². The van der Waals surface area contributed by atoms with E-state index >= 15 is 0 Å². The predicted molar refractivity (Wildman–Crippen MR) is 142 cm³/mol. The number of hydrogen-bond acceptors (Lipinski definition) is 7. The van der Waals surface area contributed by atoms with Crippen LogP contribution >= 0.6 is 11.3 Å². The van der Waals surface area contributed by atoms with Gasteiger partial charge in [0.05, 0.1) is 28.3 Å². The highest BCUT2D eigenvalue weighted by Crippen LogP contribution is 2.31. The molecule has 1 fully saturated rings. The zero-order valence-corrected chi connectivity index (χ0v) is 21.2. The van der Waals surface area contributed by atoms with Gasteiger partial charge in [0.1, 0.15) is 16.2 Å². The second-order valence-electron chi connectivity index (χ2n) is 9.27. The van der Waals surface area contributed by atoms with Crippen LogP contribution in [0.5, 0.6) is 0 Å². The van der Waals surface area contributed by atoms with Crippen LogP contribution in [0.4, 0.5) is 5.82 Å². The minimum Gasteiger partial charge on any atom is -0.377 e. The lowest BCUT2D eigenvalue weighted by atomic mass is 10.1. The van der Waals surface area contributed by atoms with Crippen LogP contribution in [-0.4, -0.2) is 72.7 Å². The predicted octanol–water partition coefficient (Wildman–Crippen LogP) is 3.36. The minimum absolute atomic E-state index is 0.0809. The zero-order valence-electron chi connectivity index (χ0n) is 20.4. The van der Waals surface area contributed by atoms with Gasteiger partial charge in [0.15, 0.2) is 5.65 Å². The highest BCUT2D eigenvalue weighted by molar-refractivity contribution is 7.24. The summed E-state index contributed by atoms with van der Waals surface area (Å²) in [6.45, 7) is 8.46. The van der Waals surface area contributed by atoms with Crippen molar-refractivity contribution in [2.45, 2.75) is 26.4 Å². The standard InChI is InChI=1S/C26H31N5O3S/c1-17(2)34-16-11-27-25(33)22-23(32)18-9-10-21(30-13-6-12-29(3)14-15-30)28-24(18)31-19-7-4-5-8-20(19)35-26(22)31/h4-5,7-10,17H,6,11-16H2,1-3H3,(H,27,33). The molecule has 1 N–H and O–H groups in total. The van der Waals surface area contributed by atoms with Gasteiger partial charge in [0.25, 0.3) is 5.91 Å². The molecule has 1 saturated heterocycles. The third-order valence-electron chi connectivity index (χ3n) is 6.38. The maximum atomic E-state index is 13.6. The summed E-state index contributed by atoms with van der Waals surface area (Å²) in [7, 11) is 2.14. The van der Waals surface area contributed by atoms with Crippen LogP contribution in [0.2, 0.25) is 0 Å². The number of nitrogens with one attached hydrogen (secondary N) is 1. The average molecular weight is 494 g/mol. The summed E-state index contributed by atoms with van der Waals surface area (Å²) >= 11 is 1.45. The molecular weight excluding hydrogens is 462 g/mol. The third kappa shape index (κ3) is 4.63. The Kier molecular flexibility index (Phi) is 6.73. The second kappa shape index (κ2) is 9.93. The summed E-state index contributed by atoms with van der Waals surface area (Å²) in [4.78, 5) is 37.1. The van der Waals surface area contributed by atoms with Crippen molar-refractivity contribution in [2.75, 3.05) is 51.3 Å². The molecule has 184 valence electrons. The summed E-state index contributed by atoms with van der Waals surface area (Å²) in [5.74, 6) is 0.479. The van der Waals surface area contributed by atoms with Gasteiger partial charge >= 0.3 is 0 Å². The molecule has 1 aliphatic heterocycles. The minimum atomic E-state index is -0.382. The Morgan fingerprint density at radius 2 is 1.97 bits per heavy atom. The number of thiazole rings is 1. The average Bonchev–Trinajstić information content (AvgIpc) is 3.09. The first kappa shape index (κ1) is 23.7. The van der Waals surface area contributed by atoms with E-state index in [4.69, 9.17) is 9.72 Å². The van der Waals surface area contributed by atoms with Crippen molar-refractivity contribution >= 4 is 49.1 Å². The Hall–Kier alpha value is -3.01. The van der Waals surface area contributed by atoms with Gasteiger partial charge in [-0.1, -0.05) is 12.1 Å². The van der Waals surface area contributed by atoms with Crippen molar-refractivity contribution in [2.24, 2.45) is 0 Å². The smallest absolute Gasteiger partial charge is 0.258 e. The molecular formula is C26H31N5O3S. The molecule has 8 nitrogen and oxygen atoms in total. The fraction of sp³-hybridized carbons (Fsp3) is 0.423. The quantitative estimate of drug-likeness (QED) is 0.415. The van der Waals surface area contributed by atoms with E-state index in [1.165, 1.54) is 11.3 Å². The first-order chi connectivity index (χ1) is 16.9. The number of carbonyl (C=O) groups excluding carboxylic acids is 1. The molecule has 0 atom stereocenters. The van der Waals surface area contributed by atoms with Crippen molar-refractivity contribution in [1.29, 1.82) is 0 Å². The molecule has 0 aliphatic carbocycles. The molecule has 1 amide bonds. The lowest BCUT2D eigenvalue weighted by molar-refractivity contribution is 0.0747. The van der Waals surface area contributed by atoms with Gasteiger partial charge in [-0.05, 0) is 58.1 Å². The lowest BCUT2D eigenvalue weighted by Crippen LogP contribution is -2.32. The van der Waals surface area contributed by atoms with Crippen molar-refractivity contribution < 1.29 is 9.53 Å². The number of amides is 1. The van der Waals surface area contributed by atoms with Gasteiger partial charge in [-0.2, -0.15) is 0 Å². The number of likely N-dealkylation sites (N-methyl/N-ethyl adjacent to an activating group) is 1. The van der Waals surface area contributed by atoms with Gasteiger partial charge in [-0.25, -0.2) is 4.98 Å². The maximum absolute atomic E-state index is 13.6. The van der Waals surface area contributed by atoms with E-state index in [1.54, 1.807) is 0 Å². The van der Waals surface area contributed by atoms with Crippen LogP contribution < -0.4 is 15.6 Å². The van der Waals surface area contributed by atoms with Crippen molar-refractivity contribution in [3.8, 4) is 0 Å². The number of pyridine rings is 2. The summed E-state index contributed by atoms with van der Waals surface area (Å²) in [6, 6.07) is 11.7. The van der Waals surface area contributed by atoms with Gasteiger partial charge in [-0.15, -0.1) is 11.3 Å². The van der Waals surface area contributed by atoms with E-state index in [2.05, 4.69) is 22.2 Å². The number of fused-ring (bicyclic) bond motifs is 5. The number of carbonyl (C=O) groups is 1. The largest absolute Gasteiger partial charge is 0.377 e. The topological polar surface area (TPSA) is 79.2 Å². The summed E-state index contributed by atoms with van der Waals surface area (Å²) in [5.41, 5.74) is 1.41. The summed E-state index contributed by atoms with van der Waals surface area (Å²) < 4.78 is 8.51. The Balaban J connectivity index is 1.64. The van der Waals surface area contributed by atoms with Crippen LogP contribution in [0.25, 0.3) is 26.1 Å². The van der Waals surface area contributed by atoms with Gasteiger partial charge < -0.3 is 19.9 Å². The third-order valence-corrected chi connectivity index (χ3v) is 7.53. The van der Waals surface area contributed by atoms with Crippen LogP contribution in [-0.2, 0) is 4.74 Å². The Morgan fingerprint density at radius 1 is 1.14 bits per heavy atom. The molecule has 0 radical (unpaired) electrons. The molecule has 1 aromatic carbocycles. The van der Waals surface area contributed by atoms with Crippen LogP contribution in [0.1, 0.15) is 30.6 Å². The maximum Gasteiger partial charge on any atom is 0.258 e. The van der Waals surface area contributed by atoms with Gasteiger partial charge in [-0.3, -0.25) is 14.0 Å². The highest BCUT2D eigenvalue weighted by atomic mass is 32.1. The molecule has 4 heterocycles. The molecule has 3 aromatic heterocycles. The number of hydrogen-bond donors (Lipinski definition) is 1. The molecule has 35 heavy (non-hydrogen) atoms. The number of benzene rings is 1. The SMILES string of the molecule is CC(C)OCCNC(=O)c1c(=O)c2ccc(N3CCCN(C)CC3)nc2n2c1sc1ccccc12. The first-order valence-electron chi connectivity index (χ1n) is 12.1. The van der Waals surface area contributed by atoms with E-state index in [1.807, 2.05) is 54.6 Å². The van der Waals surface area contributed by atoms with E-state index in [9.17, 15) is 9.59 Å². The molecule has 0 saturated carbocycles. The normalized spacial score (nSPS) is 15.4. The zero-order chi connectivity index (χ0) is 24.5. The fourth-order valence-electron chi connectivity index (χ4n) is 4.58. The lowest BCUT2D eigenvalue weighted by Gasteiger charge is -2.22. The van der Waals surface area contributed by atoms with Crippen molar-refractivity contribution in [3.63, 3.8) is 0 Å². The van der Waals surface area contributed by atoms with E-state index in [0.717, 1.165) is 48.6 Å². The van der Waals surface area contributed by atoms with Crippen LogP contribution in [0.3, 0.4) is 0 Å². The Labute approximate surface area is 208 Å². The Morgan fingerprint density at radius 3 is 2.80 bits per heavy atom. The fourth-order valence-corrected chi connectivity index (χ4v) is 5.76. The van der Waals surface area contributed by atoms with E-state index in [-0.39, 0.29) is 23.0 Å². The summed E-state index contributed by atoms with van der Waals surface area (Å²) in [5, 5.41) is 3.32. The molecule has 5 rings (SSSR count). The van der Waals surface area contributed by atoms with Gasteiger partial charge in [0.2, 0.25) is 5.43 Å². The number of anilines is 1. The van der Waals surface area contributed by atoms with E-state index < -0.39 is 0 Å². The number of ether oxygens (including phenoxy) is 1. The number of aromatic nitrogens is 2. The Bertz CT molecular complexity index is 1440. The molecule has 9 heteroatoms. The first-order valence-corrected chi connectivity index (χ1v) is 13.0. The number of para-hydroxylation sites is 1. The van der Waals surface area contributed by atoms with Crippen molar-refractivity contribution in [1.82, 2.24) is 19.6 Å². The molecule has 4 aromatic rings.